The third-order valence-corrected chi connectivity index (χ3v) is 10.8. The van der Waals surface area contributed by atoms with Crippen LogP contribution in [0.1, 0.15) is 86.1 Å². The second-order valence-corrected chi connectivity index (χ2v) is 14.4. The highest BCUT2D eigenvalue weighted by Gasteiger charge is 2.72. The predicted molar refractivity (Wildman–Crippen MR) is 172 cm³/mol. The standard InChI is InChI=1S/C35H42FN7O3/c1-20(38-33(45)34-17-35(36,18-34)19-34)26-9-8-23-13-27(42(31(23)39-26)16-22-6-7-22)30-21(2)43-28(40-30)14-24(15-29(43)46-3)32(44)41-11-4-5-25(37)10-12-41/h8-9,13-15,20,22,25H,4-7,10-12,16-19,37H2,1-3H3,(H,38,45)/t20-,25+,34?,35?/m1/s1. The summed E-state index contributed by atoms with van der Waals surface area (Å²) >= 11 is 0. The van der Waals surface area contributed by atoms with Gasteiger partial charge in [0.25, 0.3) is 5.91 Å². The largest absolute Gasteiger partial charge is 0.482 e. The van der Waals surface area contributed by atoms with Crippen molar-refractivity contribution in [3.63, 3.8) is 0 Å². The number of aryl methyl sites for hydroxylation is 1. The van der Waals surface area contributed by atoms with Gasteiger partial charge in [-0.1, -0.05) is 0 Å². The van der Waals surface area contributed by atoms with E-state index in [1.165, 1.54) is 12.8 Å². The Balaban J connectivity index is 1.15. The number of nitrogens with one attached hydrogen (secondary N) is 1. The number of alkyl halides is 1. The van der Waals surface area contributed by atoms with Crippen molar-refractivity contribution in [2.75, 3.05) is 20.2 Å². The number of nitrogens with two attached hydrogens (primary N) is 1. The molecule has 0 unspecified atom stereocenters. The summed E-state index contributed by atoms with van der Waals surface area (Å²) in [6.07, 6.45) is 5.98. The van der Waals surface area contributed by atoms with Gasteiger partial charge in [0.1, 0.15) is 22.7 Å². The van der Waals surface area contributed by atoms with Crippen molar-refractivity contribution >= 4 is 28.5 Å². The van der Waals surface area contributed by atoms with Crippen LogP contribution in [-0.4, -0.2) is 67.6 Å². The quantitative estimate of drug-likeness (QED) is 0.281. The van der Waals surface area contributed by atoms with Crippen LogP contribution in [0.2, 0.25) is 0 Å². The monoisotopic (exact) mass is 627 g/mol. The van der Waals surface area contributed by atoms with E-state index in [0.717, 1.165) is 59.6 Å². The number of carbonyl (C=O) groups excluding carboxylic acids is 2. The second-order valence-electron chi connectivity index (χ2n) is 14.4. The van der Waals surface area contributed by atoms with E-state index in [1.807, 2.05) is 41.3 Å². The van der Waals surface area contributed by atoms with Gasteiger partial charge >= 0.3 is 0 Å². The van der Waals surface area contributed by atoms with Gasteiger partial charge in [0.05, 0.1) is 35.6 Å². The van der Waals surface area contributed by atoms with Crippen molar-refractivity contribution in [1.29, 1.82) is 0 Å². The lowest BCUT2D eigenvalue weighted by Crippen LogP contribution is -2.70. The highest BCUT2D eigenvalue weighted by molar-refractivity contribution is 5.96. The van der Waals surface area contributed by atoms with E-state index < -0.39 is 11.1 Å². The molecule has 11 heteroatoms. The Morgan fingerprint density at radius 1 is 1.11 bits per heavy atom. The number of halogens is 1. The summed E-state index contributed by atoms with van der Waals surface area (Å²) < 4.78 is 24.1. The molecule has 4 aromatic heterocycles. The summed E-state index contributed by atoms with van der Waals surface area (Å²) in [4.78, 5) is 38.7. The van der Waals surface area contributed by atoms with Gasteiger partial charge in [-0.15, -0.1) is 0 Å². The third kappa shape index (κ3) is 4.77. The summed E-state index contributed by atoms with van der Waals surface area (Å²) in [5.41, 5.74) is 10.0. The lowest BCUT2D eigenvalue weighted by Gasteiger charge is -2.64. The topological polar surface area (TPSA) is 120 Å². The van der Waals surface area contributed by atoms with Crippen LogP contribution in [0, 0.1) is 18.3 Å². The van der Waals surface area contributed by atoms with E-state index in [4.69, 9.17) is 20.4 Å². The van der Waals surface area contributed by atoms with Gasteiger partial charge in [-0.3, -0.25) is 14.0 Å². The van der Waals surface area contributed by atoms with Crippen LogP contribution in [0.5, 0.6) is 5.88 Å². The van der Waals surface area contributed by atoms with Gasteiger partial charge in [0.15, 0.2) is 5.88 Å². The average molecular weight is 628 g/mol. The average Bonchev–Trinajstić information content (AvgIpc) is 3.73. The fraction of sp³-hybridized carbons (Fsp3) is 0.543. The molecule has 0 spiro atoms. The molecule has 2 amide bonds. The number of rotatable bonds is 8. The Labute approximate surface area is 267 Å². The highest BCUT2D eigenvalue weighted by Crippen LogP contribution is 2.69. The Morgan fingerprint density at radius 3 is 2.61 bits per heavy atom. The zero-order chi connectivity index (χ0) is 32.0. The van der Waals surface area contributed by atoms with E-state index in [0.29, 0.717) is 55.4 Å². The first-order chi connectivity index (χ1) is 22.1. The van der Waals surface area contributed by atoms with E-state index in [9.17, 15) is 14.0 Å². The van der Waals surface area contributed by atoms with E-state index in [-0.39, 0.29) is 23.9 Å². The molecular weight excluding hydrogens is 585 g/mol. The van der Waals surface area contributed by atoms with Crippen LogP contribution in [0.25, 0.3) is 28.1 Å². The van der Waals surface area contributed by atoms with Crippen LogP contribution in [0.15, 0.2) is 30.3 Å². The van der Waals surface area contributed by atoms with Crippen LogP contribution < -0.4 is 15.8 Å². The molecule has 9 rings (SSSR count). The molecule has 1 saturated heterocycles. The Hall–Kier alpha value is -3.99. The minimum absolute atomic E-state index is 0.0314. The minimum atomic E-state index is -1.11. The highest BCUT2D eigenvalue weighted by atomic mass is 19.1. The summed E-state index contributed by atoms with van der Waals surface area (Å²) in [7, 11) is 1.62. The minimum Gasteiger partial charge on any atom is -0.482 e. The van der Waals surface area contributed by atoms with Crippen molar-refractivity contribution in [2.45, 2.75) is 89.5 Å². The molecule has 2 bridgehead atoms. The molecule has 3 N–H and O–H groups in total. The SMILES string of the molecule is COc1cc(C(=O)N2CCC[C@H](N)CC2)cc2nc(-c3cc4ccc([C@@H](C)NC(=O)C56CC(F)(C5)C6)nc4n3CC3CC3)c(C)n12. The van der Waals surface area contributed by atoms with Gasteiger partial charge in [0.2, 0.25) is 5.91 Å². The number of nitrogens with zero attached hydrogens (tertiary/aromatic N) is 5. The normalized spacial score (nSPS) is 26.4. The number of hydrogen-bond acceptors (Lipinski definition) is 6. The Morgan fingerprint density at radius 2 is 1.89 bits per heavy atom. The van der Waals surface area contributed by atoms with Gasteiger partial charge < -0.3 is 25.3 Å². The zero-order valence-corrected chi connectivity index (χ0v) is 26.8. The lowest BCUT2D eigenvalue weighted by atomic mass is 9.42. The summed E-state index contributed by atoms with van der Waals surface area (Å²) in [5.74, 6) is 1.03. The van der Waals surface area contributed by atoms with Crippen LogP contribution >= 0.6 is 0 Å². The molecule has 4 aliphatic carbocycles. The van der Waals surface area contributed by atoms with Gasteiger partial charge in [-0.25, -0.2) is 14.4 Å². The molecule has 0 radical (unpaired) electrons. The number of ether oxygens (including phenoxy) is 1. The number of aromatic nitrogens is 4. The molecule has 5 fully saturated rings. The molecule has 5 aliphatic rings. The number of pyridine rings is 2. The zero-order valence-electron chi connectivity index (χ0n) is 26.8. The maximum Gasteiger partial charge on any atom is 0.254 e. The number of amides is 2. The summed E-state index contributed by atoms with van der Waals surface area (Å²) in [6, 6.07) is 9.65. The molecule has 242 valence electrons. The van der Waals surface area contributed by atoms with Crippen molar-refractivity contribution in [3.05, 3.63) is 47.3 Å². The van der Waals surface area contributed by atoms with Gasteiger partial charge in [-0.2, -0.15) is 0 Å². The molecule has 2 atom stereocenters. The molecule has 46 heavy (non-hydrogen) atoms. The summed E-state index contributed by atoms with van der Waals surface area (Å²) in [5, 5.41) is 4.10. The molecule has 10 nitrogen and oxygen atoms in total. The molecule has 4 saturated carbocycles. The first-order valence-corrected chi connectivity index (χ1v) is 16.7. The van der Waals surface area contributed by atoms with Crippen molar-refractivity contribution in [1.82, 2.24) is 29.2 Å². The molecule has 0 aromatic carbocycles. The number of hydrogen-bond donors (Lipinski definition) is 2. The second kappa shape index (κ2) is 10.5. The maximum atomic E-state index is 14.1. The maximum absolute atomic E-state index is 14.1. The van der Waals surface area contributed by atoms with Crippen molar-refractivity contribution < 1.29 is 18.7 Å². The van der Waals surface area contributed by atoms with E-state index in [2.05, 4.69) is 22.0 Å². The lowest BCUT2D eigenvalue weighted by molar-refractivity contribution is -0.214. The predicted octanol–water partition coefficient (Wildman–Crippen LogP) is 5.10. The molecule has 4 aromatic rings. The first kappa shape index (κ1) is 29.4. The van der Waals surface area contributed by atoms with E-state index >= 15 is 0 Å². The number of methoxy groups -OCH3 is 1. The third-order valence-electron chi connectivity index (χ3n) is 10.8. The van der Waals surface area contributed by atoms with Crippen molar-refractivity contribution in [2.24, 2.45) is 17.1 Å². The number of carbonyl (C=O) groups is 2. The fourth-order valence-electron chi connectivity index (χ4n) is 7.95. The number of likely N-dealkylation sites (tertiary alicyclic amines) is 1. The number of fused-ring (bicyclic) bond motifs is 2. The molecular formula is C35H42FN7O3. The smallest absolute Gasteiger partial charge is 0.254 e. The number of imidazole rings is 1. The fourth-order valence-corrected chi connectivity index (χ4v) is 7.95. The summed E-state index contributed by atoms with van der Waals surface area (Å²) in [6.45, 7) is 6.12. The van der Waals surface area contributed by atoms with Crippen LogP contribution in [0.3, 0.4) is 0 Å². The Kier molecular flexibility index (Phi) is 6.72. The Bertz CT molecular complexity index is 1870. The first-order valence-electron chi connectivity index (χ1n) is 16.7. The van der Waals surface area contributed by atoms with Gasteiger partial charge in [-0.05, 0) is 95.4 Å². The molecule has 5 heterocycles. The molecule has 1 aliphatic heterocycles. The van der Waals surface area contributed by atoms with Crippen molar-refractivity contribution in [3.8, 4) is 17.3 Å². The van der Waals surface area contributed by atoms with Crippen LogP contribution in [-0.2, 0) is 11.3 Å². The van der Waals surface area contributed by atoms with Gasteiger partial charge in [0, 0.05) is 42.7 Å². The van der Waals surface area contributed by atoms with Crippen LogP contribution in [0.4, 0.5) is 4.39 Å². The van der Waals surface area contributed by atoms with E-state index in [1.54, 1.807) is 7.11 Å².